The lowest BCUT2D eigenvalue weighted by Crippen LogP contribution is -2.35. The summed E-state index contributed by atoms with van der Waals surface area (Å²) in [5.74, 6) is -0.494. The molecule has 0 radical (unpaired) electrons. The Morgan fingerprint density at radius 1 is 1.31 bits per heavy atom. The van der Waals surface area contributed by atoms with Crippen molar-refractivity contribution >= 4 is 23.2 Å². The number of aryl methyl sites for hydroxylation is 1. The smallest absolute Gasteiger partial charge is 0.342 e. The fourth-order valence-electron chi connectivity index (χ4n) is 2.42. The number of thiazole rings is 1. The zero-order chi connectivity index (χ0) is 18.9. The van der Waals surface area contributed by atoms with Crippen LogP contribution >= 0.6 is 11.3 Å². The van der Waals surface area contributed by atoms with Gasteiger partial charge >= 0.3 is 5.97 Å². The molecular formula is C19H24N2O4S. The summed E-state index contributed by atoms with van der Waals surface area (Å²) in [5, 5.41) is 5.67. The van der Waals surface area contributed by atoms with Crippen LogP contribution in [0.1, 0.15) is 47.7 Å². The third kappa shape index (κ3) is 6.15. The lowest BCUT2D eigenvalue weighted by atomic mass is 10.2. The van der Waals surface area contributed by atoms with Gasteiger partial charge in [-0.05, 0) is 32.4 Å². The lowest BCUT2D eigenvalue weighted by molar-refractivity contribution is -0.124. The van der Waals surface area contributed by atoms with E-state index < -0.39 is 5.97 Å². The van der Waals surface area contributed by atoms with Crippen LogP contribution < -0.4 is 10.1 Å². The van der Waals surface area contributed by atoms with Gasteiger partial charge in [0.05, 0.1) is 10.7 Å². The van der Waals surface area contributed by atoms with Gasteiger partial charge in [-0.1, -0.05) is 25.5 Å². The molecule has 1 atom stereocenters. The molecule has 0 saturated heterocycles. The topological polar surface area (TPSA) is 77.5 Å². The predicted molar refractivity (Wildman–Crippen MR) is 100 cm³/mol. The highest BCUT2D eigenvalue weighted by Crippen LogP contribution is 2.21. The van der Waals surface area contributed by atoms with Crippen LogP contribution in [0.3, 0.4) is 0 Å². The van der Waals surface area contributed by atoms with Crippen LogP contribution in [-0.2, 0) is 16.1 Å². The first-order valence-corrected chi connectivity index (χ1v) is 9.47. The Labute approximate surface area is 157 Å². The van der Waals surface area contributed by atoms with Crippen molar-refractivity contribution < 1.29 is 19.1 Å². The number of rotatable bonds is 9. The average molecular weight is 376 g/mol. The molecule has 140 valence electrons. The second kappa shape index (κ2) is 9.91. The minimum Gasteiger partial charge on any atom is -0.486 e. The van der Waals surface area contributed by atoms with E-state index in [9.17, 15) is 9.59 Å². The summed E-state index contributed by atoms with van der Waals surface area (Å²) in [6, 6.07) is 6.86. The maximum atomic E-state index is 12.3. The van der Waals surface area contributed by atoms with E-state index in [4.69, 9.17) is 9.47 Å². The molecule has 26 heavy (non-hydrogen) atoms. The molecule has 0 aliphatic carbocycles. The van der Waals surface area contributed by atoms with Crippen LogP contribution in [0, 0.1) is 6.92 Å². The monoisotopic (exact) mass is 376 g/mol. The molecular weight excluding hydrogens is 352 g/mol. The van der Waals surface area contributed by atoms with E-state index in [0.717, 1.165) is 23.5 Å². The highest BCUT2D eigenvalue weighted by atomic mass is 32.1. The van der Waals surface area contributed by atoms with Crippen molar-refractivity contribution in [3.05, 3.63) is 45.9 Å². The largest absolute Gasteiger partial charge is 0.486 e. The lowest BCUT2D eigenvalue weighted by Gasteiger charge is -2.13. The van der Waals surface area contributed by atoms with E-state index in [-0.39, 0.29) is 30.7 Å². The summed E-state index contributed by atoms with van der Waals surface area (Å²) >= 11 is 1.54. The second-order valence-electron chi connectivity index (χ2n) is 5.98. The second-order valence-corrected chi connectivity index (χ2v) is 7.04. The van der Waals surface area contributed by atoms with E-state index in [0.29, 0.717) is 5.75 Å². The number of nitrogens with zero attached hydrogens (tertiary/aromatic N) is 1. The number of ether oxygens (including phenoxy) is 2. The van der Waals surface area contributed by atoms with E-state index in [1.165, 1.54) is 0 Å². The Bertz CT molecular complexity index is 745. The molecule has 0 spiro atoms. The van der Waals surface area contributed by atoms with Gasteiger partial charge in [-0.3, -0.25) is 4.79 Å². The number of carbonyl (C=O) groups is 2. The van der Waals surface area contributed by atoms with Crippen molar-refractivity contribution in [2.45, 2.75) is 46.3 Å². The first-order valence-electron chi connectivity index (χ1n) is 8.59. The first-order chi connectivity index (χ1) is 12.5. The van der Waals surface area contributed by atoms with Crippen LogP contribution in [0.4, 0.5) is 0 Å². The summed E-state index contributed by atoms with van der Waals surface area (Å²) in [4.78, 5) is 28.5. The molecule has 0 aliphatic heterocycles. The number of nitrogens with one attached hydrogen (secondary N) is 1. The maximum absolute atomic E-state index is 12.3. The van der Waals surface area contributed by atoms with Gasteiger partial charge in [-0.25, -0.2) is 9.78 Å². The van der Waals surface area contributed by atoms with Crippen LogP contribution in [0.5, 0.6) is 5.75 Å². The minimum atomic E-state index is -0.589. The van der Waals surface area contributed by atoms with Gasteiger partial charge in [-0.15, -0.1) is 11.3 Å². The number of benzene rings is 1. The standard InChI is InChI=1S/C19H24N2O4S/c1-4-7-13(2)20-18(22)11-25-19(23)16-8-5-6-9-17(16)24-10-15-12-26-14(3)21-15/h5-6,8-9,12-13H,4,7,10-11H2,1-3H3,(H,20,22)/t13-/m1/s1. The Hall–Kier alpha value is -2.41. The molecule has 1 heterocycles. The molecule has 2 aromatic rings. The summed E-state index contributed by atoms with van der Waals surface area (Å²) in [5.41, 5.74) is 1.09. The normalized spacial score (nSPS) is 11.7. The molecule has 0 saturated carbocycles. The zero-order valence-corrected chi connectivity index (χ0v) is 16.1. The molecule has 0 unspecified atom stereocenters. The Balaban J connectivity index is 1.91. The molecule has 0 aliphatic rings. The van der Waals surface area contributed by atoms with Crippen molar-refractivity contribution in [1.82, 2.24) is 10.3 Å². The highest BCUT2D eigenvalue weighted by molar-refractivity contribution is 7.09. The number of hydrogen-bond donors (Lipinski definition) is 1. The van der Waals surface area contributed by atoms with E-state index in [2.05, 4.69) is 10.3 Å². The van der Waals surface area contributed by atoms with Crippen LogP contribution in [0.25, 0.3) is 0 Å². The number of hydrogen-bond acceptors (Lipinski definition) is 6. The average Bonchev–Trinajstić information content (AvgIpc) is 3.03. The third-order valence-corrected chi connectivity index (χ3v) is 4.43. The zero-order valence-electron chi connectivity index (χ0n) is 15.3. The third-order valence-electron chi connectivity index (χ3n) is 3.61. The number of amides is 1. The number of carbonyl (C=O) groups excluding carboxylic acids is 2. The van der Waals surface area contributed by atoms with Gasteiger partial charge in [0.15, 0.2) is 6.61 Å². The van der Waals surface area contributed by atoms with Gasteiger partial charge in [0.2, 0.25) is 0 Å². The summed E-state index contributed by atoms with van der Waals surface area (Å²) < 4.78 is 10.8. The molecule has 1 aromatic carbocycles. The molecule has 6 nitrogen and oxygen atoms in total. The molecule has 0 fully saturated rings. The minimum absolute atomic E-state index is 0.0587. The summed E-state index contributed by atoms with van der Waals surface area (Å²) in [6.45, 7) is 5.85. The first kappa shape index (κ1) is 19.9. The van der Waals surface area contributed by atoms with Crippen molar-refractivity contribution in [2.75, 3.05) is 6.61 Å². The molecule has 1 amide bonds. The van der Waals surface area contributed by atoms with Crippen LogP contribution in [0.15, 0.2) is 29.6 Å². The SMILES string of the molecule is CCC[C@@H](C)NC(=O)COC(=O)c1ccccc1OCc1csc(C)n1. The Morgan fingerprint density at radius 2 is 2.08 bits per heavy atom. The Kier molecular flexibility index (Phi) is 7.59. The number of para-hydroxylation sites is 1. The van der Waals surface area contributed by atoms with Crippen molar-refractivity contribution in [2.24, 2.45) is 0 Å². The van der Waals surface area contributed by atoms with Crippen molar-refractivity contribution in [3.63, 3.8) is 0 Å². The van der Waals surface area contributed by atoms with Crippen LogP contribution in [-0.4, -0.2) is 29.5 Å². The molecule has 2 rings (SSSR count). The van der Waals surface area contributed by atoms with E-state index >= 15 is 0 Å². The fraction of sp³-hybridized carbons (Fsp3) is 0.421. The highest BCUT2D eigenvalue weighted by Gasteiger charge is 2.16. The number of esters is 1. The molecule has 1 aromatic heterocycles. The molecule has 7 heteroatoms. The van der Waals surface area contributed by atoms with Gasteiger partial charge in [-0.2, -0.15) is 0 Å². The van der Waals surface area contributed by atoms with Crippen molar-refractivity contribution in [3.8, 4) is 5.75 Å². The Morgan fingerprint density at radius 3 is 2.77 bits per heavy atom. The van der Waals surface area contributed by atoms with Gasteiger partial charge in [0.1, 0.15) is 17.9 Å². The van der Waals surface area contributed by atoms with Gasteiger partial charge < -0.3 is 14.8 Å². The number of aromatic nitrogens is 1. The maximum Gasteiger partial charge on any atom is 0.342 e. The van der Waals surface area contributed by atoms with E-state index in [1.54, 1.807) is 35.6 Å². The van der Waals surface area contributed by atoms with Crippen molar-refractivity contribution in [1.29, 1.82) is 0 Å². The fourth-order valence-corrected chi connectivity index (χ4v) is 3.02. The van der Waals surface area contributed by atoms with Gasteiger partial charge in [0, 0.05) is 11.4 Å². The predicted octanol–water partition coefficient (Wildman–Crippen LogP) is 3.49. The molecule has 0 bridgehead atoms. The van der Waals surface area contributed by atoms with E-state index in [1.807, 2.05) is 26.2 Å². The summed E-state index contributed by atoms with van der Waals surface area (Å²) in [6.07, 6.45) is 1.86. The summed E-state index contributed by atoms with van der Waals surface area (Å²) in [7, 11) is 0. The molecule has 1 N–H and O–H groups in total. The quantitative estimate of drug-likeness (QED) is 0.678. The van der Waals surface area contributed by atoms with Crippen LogP contribution in [0.2, 0.25) is 0 Å². The van der Waals surface area contributed by atoms with Gasteiger partial charge in [0.25, 0.3) is 5.91 Å².